The molecule has 94 valence electrons. The van der Waals surface area contributed by atoms with Gasteiger partial charge in [-0.25, -0.2) is 0 Å². The zero-order chi connectivity index (χ0) is 12.3. The molecule has 0 saturated carbocycles. The van der Waals surface area contributed by atoms with Crippen LogP contribution in [0.25, 0.3) is 0 Å². The summed E-state index contributed by atoms with van der Waals surface area (Å²) in [7, 11) is 0. The molecule has 1 aliphatic rings. The van der Waals surface area contributed by atoms with E-state index in [1.165, 1.54) is 6.42 Å². The fourth-order valence-electron chi connectivity index (χ4n) is 1.95. The molecular formula is C12H18ClN3O. The van der Waals surface area contributed by atoms with Gasteiger partial charge in [0.05, 0.1) is 6.61 Å². The summed E-state index contributed by atoms with van der Waals surface area (Å²) < 4.78 is 5.45. The van der Waals surface area contributed by atoms with E-state index in [4.69, 9.17) is 16.3 Å². The maximum atomic E-state index is 5.91. The predicted octanol–water partition coefficient (Wildman–Crippen LogP) is 2.59. The number of hydrogen-bond acceptors (Lipinski definition) is 4. The lowest BCUT2D eigenvalue weighted by Gasteiger charge is -2.22. The fourth-order valence-corrected chi connectivity index (χ4v) is 2.13. The van der Waals surface area contributed by atoms with Gasteiger partial charge in [0.1, 0.15) is 0 Å². The molecule has 0 radical (unpaired) electrons. The summed E-state index contributed by atoms with van der Waals surface area (Å²) in [6, 6.07) is 0. The van der Waals surface area contributed by atoms with Crippen LogP contribution in [0.5, 0.6) is 0 Å². The summed E-state index contributed by atoms with van der Waals surface area (Å²) in [5, 5.41) is 11.8. The first-order valence-corrected chi connectivity index (χ1v) is 6.37. The van der Waals surface area contributed by atoms with Crippen molar-refractivity contribution in [2.45, 2.75) is 26.7 Å². The second-order valence-corrected chi connectivity index (χ2v) is 4.91. The highest BCUT2D eigenvalue weighted by atomic mass is 35.5. The molecular weight excluding hydrogens is 238 g/mol. The van der Waals surface area contributed by atoms with E-state index in [0.29, 0.717) is 11.1 Å². The molecule has 1 atom stereocenters. The highest BCUT2D eigenvalue weighted by molar-refractivity contribution is 6.30. The average molecular weight is 256 g/mol. The van der Waals surface area contributed by atoms with E-state index in [1.54, 1.807) is 0 Å². The van der Waals surface area contributed by atoms with Gasteiger partial charge in [0.2, 0.25) is 0 Å². The zero-order valence-corrected chi connectivity index (χ0v) is 11.0. The lowest BCUT2D eigenvalue weighted by Crippen LogP contribution is -2.25. The normalized spacial score (nSPS) is 20.3. The van der Waals surface area contributed by atoms with Crippen LogP contribution < -0.4 is 5.32 Å². The van der Waals surface area contributed by atoms with Crippen LogP contribution in [-0.2, 0) is 4.74 Å². The van der Waals surface area contributed by atoms with E-state index >= 15 is 0 Å². The minimum absolute atomic E-state index is 0.481. The average Bonchev–Trinajstić information content (AvgIpc) is 2.36. The van der Waals surface area contributed by atoms with Gasteiger partial charge < -0.3 is 10.1 Å². The first-order chi connectivity index (χ1) is 8.18. The maximum absolute atomic E-state index is 5.91. The predicted molar refractivity (Wildman–Crippen MR) is 68.5 cm³/mol. The number of ether oxygens (including phenoxy) is 1. The lowest BCUT2D eigenvalue weighted by molar-refractivity contribution is 0.0594. The van der Waals surface area contributed by atoms with Gasteiger partial charge in [-0.2, -0.15) is 0 Å². The molecule has 1 aliphatic heterocycles. The minimum Gasteiger partial charge on any atom is -0.381 e. The molecule has 1 saturated heterocycles. The Morgan fingerprint density at radius 1 is 1.35 bits per heavy atom. The summed E-state index contributed by atoms with van der Waals surface area (Å²) in [6.07, 6.45) is 2.36. The van der Waals surface area contributed by atoms with Gasteiger partial charge >= 0.3 is 0 Å². The van der Waals surface area contributed by atoms with Crippen molar-refractivity contribution in [3.05, 3.63) is 16.3 Å². The maximum Gasteiger partial charge on any atom is 0.155 e. The van der Waals surface area contributed by atoms with E-state index in [-0.39, 0.29) is 0 Å². The zero-order valence-electron chi connectivity index (χ0n) is 10.3. The van der Waals surface area contributed by atoms with Crippen LogP contribution in [0.1, 0.15) is 24.0 Å². The first kappa shape index (κ1) is 12.6. The molecule has 0 aliphatic carbocycles. The monoisotopic (exact) mass is 255 g/mol. The third-order valence-corrected chi connectivity index (χ3v) is 3.64. The summed E-state index contributed by atoms with van der Waals surface area (Å²) in [6.45, 7) is 6.59. The summed E-state index contributed by atoms with van der Waals surface area (Å²) in [4.78, 5) is 0. The Morgan fingerprint density at radius 2 is 2.18 bits per heavy atom. The molecule has 0 amide bonds. The second kappa shape index (κ2) is 5.65. The van der Waals surface area contributed by atoms with E-state index in [0.717, 1.165) is 43.1 Å². The number of aromatic nitrogens is 2. The standard InChI is InChI=1S/C12H18ClN3O/c1-8-9(2)12(16-15-11(8)13)14-6-10-4-3-5-17-7-10/h10H,3-7H2,1-2H3,(H,14,16). The molecule has 2 rings (SSSR count). The largest absolute Gasteiger partial charge is 0.381 e. The number of anilines is 1. The molecule has 1 fully saturated rings. The Bertz CT molecular complexity index is 392. The Morgan fingerprint density at radius 3 is 2.88 bits per heavy atom. The molecule has 4 nitrogen and oxygen atoms in total. The van der Waals surface area contributed by atoms with E-state index in [2.05, 4.69) is 15.5 Å². The summed E-state index contributed by atoms with van der Waals surface area (Å²) >= 11 is 5.91. The molecule has 1 aromatic rings. The number of nitrogens with one attached hydrogen (secondary N) is 1. The van der Waals surface area contributed by atoms with Crippen molar-refractivity contribution >= 4 is 17.4 Å². The van der Waals surface area contributed by atoms with Gasteiger partial charge in [-0.1, -0.05) is 11.6 Å². The molecule has 0 spiro atoms. The van der Waals surface area contributed by atoms with E-state index in [1.807, 2.05) is 13.8 Å². The highest BCUT2D eigenvalue weighted by Crippen LogP contribution is 2.21. The third kappa shape index (κ3) is 3.07. The van der Waals surface area contributed by atoms with Crippen LogP contribution in [-0.4, -0.2) is 30.0 Å². The van der Waals surface area contributed by atoms with Crippen LogP contribution in [0.15, 0.2) is 0 Å². The SMILES string of the molecule is Cc1c(Cl)nnc(NCC2CCCOC2)c1C. The van der Waals surface area contributed by atoms with Gasteiger partial charge in [-0.15, -0.1) is 10.2 Å². The summed E-state index contributed by atoms with van der Waals surface area (Å²) in [5.41, 5.74) is 2.06. The second-order valence-electron chi connectivity index (χ2n) is 4.55. The van der Waals surface area contributed by atoms with E-state index in [9.17, 15) is 0 Å². The van der Waals surface area contributed by atoms with Crippen LogP contribution >= 0.6 is 11.6 Å². The Hall–Kier alpha value is -0.870. The Balaban J connectivity index is 1.96. The minimum atomic E-state index is 0.481. The molecule has 1 N–H and O–H groups in total. The van der Waals surface area contributed by atoms with Gasteiger partial charge in [0.25, 0.3) is 0 Å². The number of hydrogen-bond donors (Lipinski definition) is 1. The van der Waals surface area contributed by atoms with Crippen molar-refractivity contribution < 1.29 is 4.74 Å². The lowest BCUT2D eigenvalue weighted by atomic mass is 10.0. The topological polar surface area (TPSA) is 47.0 Å². The van der Waals surface area contributed by atoms with Gasteiger partial charge in [-0.05, 0) is 43.7 Å². The highest BCUT2D eigenvalue weighted by Gasteiger charge is 2.15. The van der Waals surface area contributed by atoms with Crippen molar-refractivity contribution in [1.29, 1.82) is 0 Å². The molecule has 0 bridgehead atoms. The van der Waals surface area contributed by atoms with Crippen LogP contribution in [0, 0.1) is 19.8 Å². The van der Waals surface area contributed by atoms with Crippen molar-refractivity contribution in [2.75, 3.05) is 25.1 Å². The Kier molecular flexibility index (Phi) is 4.18. The number of nitrogens with zero attached hydrogens (tertiary/aromatic N) is 2. The van der Waals surface area contributed by atoms with Crippen LogP contribution in [0.4, 0.5) is 5.82 Å². The van der Waals surface area contributed by atoms with Gasteiger partial charge in [-0.3, -0.25) is 0 Å². The van der Waals surface area contributed by atoms with Crippen molar-refractivity contribution in [3.8, 4) is 0 Å². The summed E-state index contributed by atoms with van der Waals surface area (Å²) in [5.74, 6) is 1.40. The van der Waals surface area contributed by atoms with Crippen LogP contribution in [0.2, 0.25) is 5.15 Å². The molecule has 5 heteroatoms. The fraction of sp³-hybridized carbons (Fsp3) is 0.667. The smallest absolute Gasteiger partial charge is 0.155 e. The third-order valence-electron chi connectivity index (χ3n) is 3.28. The molecule has 1 unspecified atom stereocenters. The van der Waals surface area contributed by atoms with Crippen LogP contribution in [0.3, 0.4) is 0 Å². The molecule has 17 heavy (non-hydrogen) atoms. The van der Waals surface area contributed by atoms with Crippen molar-refractivity contribution in [1.82, 2.24) is 10.2 Å². The molecule has 0 aromatic carbocycles. The van der Waals surface area contributed by atoms with Gasteiger partial charge in [0, 0.05) is 13.2 Å². The molecule has 1 aromatic heterocycles. The quantitative estimate of drug-likeness (QED) is 0.902. The van der Waals surface area contributed by atoms with Gasteiger partial charge in [0.15, 0.2) is 11.0 Å². The number of halogens is 1. The van der Waals surface area contributed by atoms with Crippen molar-refractivity contribution in [3.63, 3.8) is 0 Å². The Labute approximate surface area is 107 Å². The number of rotatable bonds is 3. The van der Waals surface area contributed by atoms with Crippen molar-refractivity contribution in [2.24, 2.45) is 5.92 Å². The first-order valence-electron chi connectivity index (χ1n) is 5.99. The molecule has 2 heterocycles. The van der Waals surface area contributed by atoms with E-state index < -0.39 is 0 Å².